The van der Waals surface area contributed by atoms with E-state index in [9.17, 15) is 10.1 Å². The molecule has 0 amide bonds. The van der Waals surface area contributed by atoms with Crippen LogP contribution < -0.4 is 10.1 Å². The van der Waals surface area contributed by atoms with Gasteiger partial charge in [0.15, 0.2) is 0 Å². The van der Waals surface area contributed by atoms with Gasteiger partial charge in [-0.2, -0.15) is 0 Å². The minimum Gasteiger partial charge on any atom is -0.496 e. The zero-order valence-electron chi connectivity index (χ0n) is 12.0. The smallest absolute Gasteiger partial charge is 0.270 e. The summed E-state index contributed by atoms with van der Waals surface area (Å²) in [6, 6.07) is 5.26. The molecule has 1 aromatic carbocycles. The Bertz CT molecular complexity index is 473. The lowest BCUT2D eigenvalue weighted by Gasteiger charge is -2.27. The summed E-state index contributed by atoms with van der Waals surface area (Å²) in [6.45, 7) is 5.71. The number of nitrogens with zero attached hydrogens (tertiary/aromatic N) is 2. The van der Waals surface area contributed by atoms with Gasteiger partial charge in [-0.15, -0.1) is 0 Å². The summed E-state index contributed by atoms with van der Waals surface area (Å²) in [6.07, 6.45) is 1.12. The van der Waals surface area contributed by atoms with Crippen LogP contribution in [0.2, 0.25) is 0 Å². The summed E-state index contributed by atoms with van der Waals surface area (Å²) >= 11 is 0. The molecule has 0 saturated carbocycles. The van der Waals surface area contributed by atoms with Crippen LogP contribution in [0, 0.1) is 10.1 Å². The number of likely N-dealkylation sites (N-methyl/N-ethyl adjacent to an activating group) is 1. The summed E-state index contributed by atoms with van der Waals surface area (Å²) < 4.78 is 5.32. The highest BCUT2D eigenvalue weighted by atomic mass is 16.6. The van der Waals surface area contributed by atoms with Crippen molar-refractivity contribution in [1.29, 1.82) is 0 Å². The van der Waals surface area contributed by atoms with Gasteiger partial charge < -0.3 is 10.1 Å². The minimum absolute atomic E-state index is 0.112. The summed E-state index contributed by atoms with van der Waals surface area (Å²) in [4.78, 5) is 12.9. The number of hydrogen-bond acceptors (Lipinski definition) is 5. The first-order chi connectivity index (χ1) is 9.65. The van der Waals surface area contributed by atoms with E-state index in [2.05, 4.69) is 17.1 Å². The van der Waals surface area contributed by atoms with Crippen molar-refractivity contribution in [3.8, 4) is 5.75 Å². The molecule has 0 aliphatic carbocycles. The molecule has 0 spiro atoms. The quantitative estimate of drug-likeness (QED) is 0.635. The Kier molecular flexibility index (Phi) is 4.92. The number of nitrogens with one attached hydrogen (secondary N) is 1. The molecular weight excluding hydrogens is 258 g/mol. The van der Waals surface area contributed by atoms with Crippen molar-refractivity contribution < 1.29 is 9.66 Å². The fourth-order valence-electron chi connectivity index (χ4n) is 2.67. The number of nitro benzene ring substituents is 1. The summed E-state index contributed by atoms with van der Waals surface area (Å²) in [7, 11) is 1.60. The number of methoxy groups -OCH3 is 1. The van der Waals surface area contributed by atoms with Crippen molar-refractivity contribution in [1.82, 2.24) is 10.2 Å². The number of hydrogen-bond donors (Lipinski definition) is 1. The van der Waals surface area contributed by atoms with Gasteiger partial charge in [-0.1, -0.05) is 6.92 Å². The zero-order chi connectivity index (χ0) is 14.5. The molecule has 1 aromatic rings. The molecule has 1 atom stereocenters. The zero-order valence-corrected chi connectivity index (χ0v) is 12.0. The first kappa shape index (κ1) is 14.7. The van der Waals surface area contributed by atoms with Crippen LogP contribution in [0.15, 0.2) is 18.2 Å². The van der Waals surface area contributed by atoms with Gasteiger partial charge in [-0.3, -0.25) is 15.0 Å². The lowest BCUT2D eigenvalue weighted by atomic mass is 10.1. The molecule has 1 unspecified atom stereocenters. The van der Waals surface area contributed by atoms with Crippen LogP contribution >= 0.6 is 0 Å². The van der Waals surface area contributed by atoms with Crippen molar-refractivity contribution in [2.75, 3.05) is 26.7 Å². The van der Waals surface area contributed by atoms with Gasteiger partial charge >= 0.3 is 0 Å². The highest BCUT2D eigenvalue weighted by Gasteiger charge is 2.22. The lowest BCUT2D eigenvalue weighted by molar-refractivity contribution is -0.385. The van der Waals surface area contributed by atoms with Crippen molar-refractivity contribution >= 4 is 5.69 Å². The second-order valence-corrected chi connectivity index (χ2v) is 4.96. The predicted octanol–water partition coefficient (Wildman–Crippen LogP) is 1.79. The molecule has 0 bridgehead atoms. The Hall–Kier alpha value is -1.66. The minimum atomic E-state index is -0.365. The number of non-ortho nitro benzene ring substituents is 1. The molecule has 110 valence electrons. The highest BCUT2D eigenvalue weighted by Crippen LogP contribution is 2.26. The van der Waals surface area contributed by atoms with Crippen LogP contribution in [0.1, 0.15) is 18.9 Å². The van der Waals surface area contributed by atoms with E-state index in [0.717, 1.165) is 31.6 Å². The van der Waals surface area contributed by atoms with E-state index in [1.807, 2.05) is 0 Å². The highest BCUT2D eigenvalue weighted by molar-refractivity contribution is 5.43. The van der Waals surface area contributed by atoms with Gasteiger partial charge in [0, 0.05) is 36.8 Å². The Morgan fingerprint density at radius 3 is 2.90 bits per heavy atom. The van der Waals surface area contributed by atoms with E-state index >= 15 is 0 Å². The van der Waals surface area contributed by atoms with Crippen molar-refractivity contribution in [2.24, 2.45) is 0 Å². The standard InChI is InChI=1S/C14H21N3O3/c1-3-16(13-6-7-15-9-13)10-11-8-12(17(18)19)4-5-14(11)20-2/h4-5,8,13,15H,3,6-7,9-10H2,1-2H3. The fraction of sp³-hybridized carbons (Fsp3) is 0.571. The lowest BCUT2D eigenvalue weighted by Crippen LogP contribution is -2.36. The first-order valence-corrected chi connectivity index (χ1v) is 6.91. The average Bonchev–Trinajstić information content (AvgIpc) is 2.98. The summed E-state index contributed by atoms with van der Waals surface area (Å²) in [5, 5.41) is 14.3. The van der Waals surface area contributed by atoms with Gasteiger partial charge in [-0.05, 0) is 25.6 Å². The maximum Gasteiger partial charge on any atom is 0.270 e. The molecule has 1 heterocycles. The van der Waals surface area contributed by atoms with Gasteiger partial charge in [-0.25, -0.2) is 0 Å². The van der Waals surface area contributed by atoms with Gasteiger partial charge in [0.2, 0.25) is 0 Å². The molecule has 1 fully saturated rings. The maximum absolute atomic E-state index is 10.9. The maximum atomic E-state index is 10.9. The third kappa shape index (κ3) is 3.26. The third-order valence-corrected chi connectivity index (χ3v) is 3.81. The topological polar surface area (TPSA) is 67.6 Å². The summed E-state index contributed by atoms with van der Waals surface area (Å²) in [5.74, 6) is 0.708. The van der Waals surface area contributed by atoms with E-state index in [1.54, 1.807) is 19.2 Å². The normalized spacial score (nSPS) is 18.4. The summed E-state index contributed by atoms with van der Waals surface area (Å²) in [5.41, 5.74) is 0.983. The van der Waals surface area contributed by atoms with Gasteiger partial charge in [0.05, 0.1) is 12.0 Å². The Labute approximate surface area is 118 Å². The molecule has 20 heavy (non-hydrogen) atoms. The van der Waals surface area contributed by atoms with Gasteiger partial charge in [0.1, 0.15) is 5.75 Å². The first-order valence-electron chi connectivity index (χ1n) is 6.91. The molecule has 1 aliphatic heterocycles. The van der Waals surface area contributed by atoms with Crippen molar-refractivity contribution in [3.05, 3.63) is 33.9 Å². The van der Waals surface area contributed by atoms with E-state index in [4.69, 9.17) is 4.74 Å². The molecule has 6 nitrogen and oxygen atoms in total. The van der Waals surface area contributed by atoms with Crippen LogP contribution in [0.4, 0.5) is 5.69 Å². The largest absolute Gasteiger partial charge is 0.496 e. The second kappa shape index (κ2) is 6.67. The van der Waals surface area contributed by atoms with Crippen LogP contribution in [0.25, 0.3) is 0 Å². The van der Waals surface area contributed by atoms with E-state index < -0.39 is 0 Å². The Morgan fingerprint density at radius 2 is 2.35 bits per heavy atom. The molecule has 1 aliphatic rings. The van der Waals surface area contributed by atoms with Crippen LogP contribution in [0.3, 0.4) is 0 Å². The Balaban J connectivity index is 2.20. The number of nitro groups is 1. The second-order valence-electron chi connectivity index (χ2n) is 4.96. The van der Waals surface area contributed by atoms with Crippen molar-refractivity contribution in [3.63, 3.8) is 0 Å². The predicted molar refractivity (Wildman–Crippen MR) is 77.0 cm³/mol. The van der Waals surface area contributed by atoms with E-state index in [-0.39, 0.29) is 10.6 Å². The average molecular weight is 279 g/mol. The fourth-order valence-corrected chi connectivity index (χ4v) is 2.67. The molecule has 0 aromatic heterocycles. The third-order valence-electron chi connectivity index (χ3n) is 3.81. The molecule has 1 saturated heterocycles. The number of ether oxygens (including phenoxy) is 1. The molecule has 6 heteroatoms. The molecule has 1 N–H and O–H groups in total. The Morgan fingerprint density at radius 1 is 1.55 bits per heavy atom. The van der Waals surface area contributed by atoms with Gasteiger partial charge in [0.25, 0.3) is 5.69 Å². The van der Waals surface area contributed by atoms with Crippen molar-refractivity contribution in [2.45, 2.75) is 25.9 Å². The SMILES string of the molecule is CCN(Cc1cc([N+](=O)[O-])ccc1OC)C1CCNC1. The molecular formula is C14H21N3O3. The van der Waals surface area contributed by atoms with E-state index in [0.29, 0.717) is 18.3 Å². The monoisotopic (exact) mass is 279 g/mol. The number of rotatable bonds is 6. The van der Waals surface area contributed by atoms with Crippen LogP contribution in [-0.4, -0.2) is 42.6 Å². The number of benzene rings is 1. The van der Waals surface area contributed by atoms with Crippen LogP contribution in [0.5, 0.6) is 5.75 Å². The van der Waals surface area contributed by atoms with Crippen LogP contribution in [-0.2, 0) is 6.54 Å². The molecule has 2 rings (SSSR count). The van der Waals surface area contributed by atoms with E-state index in [1.165, 1.54) is 6.07 Å². The molecule has 0 radical (unpaired) electrons.